The molecule has 0 aromatic heterocycles. The Hall–Kier alpha value is -1.89. The summed E-state index contributed by atoms with van der Waals surface area (Å²) in [5.41, 5.74) is -0.313. The quantitative estimate of drug-likeness (QED) is 0.596. The SMILES string of the molecule is C#CCCNC(=O)c1cccc(F)c1F. The Kier molecular flexibility index (Phi) is 3.81. The van der Waals surface area contributed by atoms with Crippen LogP contribution < -0.4 is 5.32 Å². The first-order valence-corrected chi connectivity index (χ1v) is 4.32. The predicted molar refractivity (Wildman–Crippen MR) is 52.1 cm³/mol. The van der Waals surface area contributed by atoms with Crippen LogP contribution in [0.25, 0.3) is 0 Å². The van der Waals surface area contributed by atoms with Crippen molar-refractivity contribution in [1.29, 1.82) is 0 Å². The maximum Gasteiger partial charge on any atom is 0.254 e. The van der Waals surface area contributed by atoms with E-state index < -0.39 is 17.5 Å². The van der Waals surface area contributed by atoms with Crippen LogP contribution in [0.1, 0.15) is 16.8 Å². The number of amides is 1. The summed E-state index contributed by atoms with van der Waals surface area (Å²) in [5, 5.41) is 2.38. The Balaban J connectivity index is 2.75. The average Bonchev–Trinajstić information content (AvgIpc) is 2.22. The molecular weight excluding hydrogens is 200 g/mol. The first-order chi connectivity index (χ1) is 7.16. The maximum absolute atomic E-state index is 13.1. The maximum atomic E-state index is 13.1. The van der Waals surface area contributed by atoms with Crippen molar-refractivity contribution in [2.75, 3.05) is 6.54 Å². The highest BCUT2D eigenvalue weighted by molar-refractivity contribution is 5.94. The monoisotopic (exact) mass is 209 g/mol. The van der Waals surface area contributed by atoms with E-state index in [0.717, 1.165) is 6.07 Å². The third-order valence-corrected chi connectivity index (χ3v) is 1.75. The van der Waals surface area contributed by atoms with Crippen molar-refractivity contribution in [2.24, 2.45) is 0 Å². The van der Waals surface area contributed by atoms with Gasteiger partial charge in [0.2, 0.25) is 0 Å². The van der Waals surface area contributed by atoms with Crippen LogP contribution in [0, 0.1) is 24.0 Å². The van der Waals surface area contributed by atoms with E-state index in [1.165, 1.54) is 12.1 Å². The van der Waals surface area contributed by atoms with E-state index in [-0.39, 0.29) is 12.1 Å². The molecule has 2 nitrogen and oxygen atoms in total. The van der Waals surface area contributed by atoms with E-state index in [2.05, 4.69) is 11.2 Å². The van der Waals surface area contributed by atoms with Gasteiger partial charge in [-0.05, 0) is 12.1 Å². The number of benzene rings is 1. The summed E-state index contributed by atoms with van der Waals surface area (Å²) in [4.78, 5) is 11.3. The zero-order chi connectivity index (χ0) is 11.3. The first kappa shape index (κ1) is 11.2. The second-order valence-electron chi connectivity index (χ2n) is 2.81. The van der Waals surface area contributed by atoms with E-state index in [9.17, 15) is 13.6 Å². The second kappa shape index (κ2) is 5.11. The Morgan fingerprint density at radius 1 is 1.47 bits per heavy atom. The van der Waals surface area contributed by atoms with E-state index in [1.54, 1.807) is 0 Å². The van der Waals surface area contributed by atoms with Crippen LogP contribution in [-0.4, -0.2) is 12.5 Å². The minimum atomic E-state index is -1.14. The molecule has 0 aliphatic rings. The predicted octanol–water partition coefficient (Wildman–Crippen LogP) is 1.72. The van der Waals surface area contributed by atoms with E-state index in [1.807, 2.05) is 0 Å². The normalized spacial score (nSPS) is 9.40. The average molecular weight is 209 g/mol. The van der Waals surface area contributed by atoms with Crippen LogP contribution in [0.4, 0.5) is 8.78 Å². The molecule has 0 spiro atoms. The van der Waals surface area contributed by atoms with Gasteiger partial charge in [-0.1, -0.05) is 6.07 Å². The summed E-state index contributed by atoms with van der Waals surface area (Å²) in [6.45, 7) is 0.241. The second-order valence-corrected chi connectivity index (χ2v) is 2.81. The van der Waals surface area contributed by atoms with Crippen LogP contribution in [0.5, 0.6) is 0 Å². The molecule has 0 heterocycles. The van der Waals surface area contributed by atoms with Gasteiger partial charge in [-0.25, -0.2) is 8.78 Å². The third kappa shape index (κ3) is 2.78. The lowest BCUT2D eigenvalue weighted by Crippen LogP contribution is -2.25. The number of terminal acetylenes is 1. The van der Waals surface area contributed by atoms with Gasteiger partial charge in [-0.2, -0.15) is 0 Å². The summed E-state index contributed by atoms with van der Waals surface area (Å²) in [6.07, 6.45) is 5.32. The third-order valence-electron chi connectivity index (χ3n) is 1.75. The van der Waals surface area contributed by atoms with E-state index in [4.69, 9.17) is 6.42 Å². The van der Waals surface area contributed by atoms with Gasteiger partial charge in [0, 0.05) is 13.0 Å². The molecule has 4 heteroatoms. The summed E-state index contributed by atoms with van der Waals surface area (Å²) in [6, 6.07) is 3.44. The summed E-state index contributed by atoms with van der Waals surface area (Å²) >= 11 is 0. The van der Waals surface area contributed by atoms with Crippen molar-refractivity contribution in [3.8, 4) is 12.3 Å². The molecule has 78 valence electrons. The molecule has 1 rings (SSSR count). The Morgan fingerprint density at radius 2 is 2.20 bits per heavy atom. The van der Waals surface area contributed by atoms with Crippen LogP contribution in [0.2, 0.25) is 0 Å². The molecule has 0 saturated carbocycles. The molecule has 1 aromatic carbocycles. The van der Waals surface area contributed by atoms with Crippen LogP contribution in [0.3, 0.4) is 0 Å². The highest BCUT2D eigenvalue weighted by Gasteiger charge is 2.13. The van der Waals surface area contributed by atoms with Crippen molar-refractivity contribution in [3.05, 3.63) is 35.4 Å². The molecule has 0 fully saturated rings. The standard InChI is InChI=1S/C11H9F2NO/c1-2-3-7-14-11(15)8-5-4-6-9(12)10(8)13/h1,4-6H,3,7H2,(H,14,15). The van der Waals surface area contributed by atoms with Crippen molar-refractivity contribution >= 4 is 5.91 Å². The van der Waals surface area contributed by atoms with Gasteiger partial charge in [0.1, 0.15) is 0 Å². The van der Waals surface area contributed by atoms with Crippen molar-refractivity contribution < 1.29 is 13.6 Å². The molecule has 0 aliphatic carbocycles. The summed E-state index contributed by atoms with van der Waals surface area (Å²) in [7, 11) is 0. The van der Waals surface area contributed by atoms with Gasteiger partial charge in [0.05, 0.1) is 5.56 Å². The number of rotatable bonds is 3. The molecular formula is C11H9F2NO. The molecule has 0 bridgehead atoms. The molecule has 0 aliphatic heterocycles. The number of carbonyl (C=O) groups is 1. The van der Waals surface area contributed by atoms with Gasteiger partial charge >= 0.3 is 0 Å². The zero-order valence-corrected chi connectivity index (χ0v) is 7.89. The lowest BCUT2D eigenvalue weighted by Gasteiger charge is -2.04. The molecule has 0 unspecified atom stereocenters. The van der Waals surface area contributed by atoms with Gasteiger partial charge < -0.3 is 5.32 Å². The van der Waals surface area contributed by atoms with E-state index in [0.29, 0.717) is 6.42 Å². The highest BCUT2D eigenvalue weighted by atomic mass is 19.2. The Labute approximate surface area is 86.3 Å². The Bertz CT molecular complexity index is 410. The van der Waals surface area contributed by atoms with Gasteiger partial charge in [0.15, 0.2) is 11.6 Å². The molecule has 1 aromatic rings. The first-order valence-electron chi connectivity index (χ1n) is 4.32. The van der Waals surface area contributed by atoms with Crippen molar-refractivity contribution in [2.45, 2.75) is 6.42 Å². The minimum absolute atomic E-state index is 0.241. The summed E-state index contributed by atoms with van der Waals surface area (Å²) in [5.74, 6) is -0.532. The fourth-order valence-corrected chi connectivity index (χ4v) is 1.02. The van der Waals surface area contributed by atoms with E-state index >= 15 is 0 Å². The van der Waals surface area contributed by atoms with Crippen molar-refractivity contribution in [3.63, 3.8) is 0 Å². The number of carbonyl (C=O) groups excluding carboxylic acids is 1. The lowest BCUT2D eigenvalue weighted by atomic mass is 10.2. The number of nitrogens with one attached hydrogen (secondary N) is 1. The highest BCUT2D eigenvalue weighted by Crippen LogP contribution is 2.10. The molecule has 0 atom stereocenters. The van der Waals surface area contributed by atoms with Crippen LogP contribution in [0.15, 0.2) is 18.2 Å². The summed E-state index contributed by atoms with van der Waals surface area (Å²) < 4.78 is 25.8. The number of hydrogen-bond acceptors (Lipinski definition) is 1. The largest absolute Gasteiger partial charge is 0.351 e. The zero-order valence-electron chi connectivity index (χ0n) is 7.89. The van der Waals surface area contributed by atoms with Gasteiger partial charge in [-0.3, -0.25) is 4.79 Å². The van der Waals surface area contributed by atoms with Gasteiger partial charge in [-0.15, -0.1) is 12.3 Å². The molecule has 1 N–H and O–H groups in total. The molecule has 0 radical (unpaired) electrons. The topological polar surface area (TPSA) is 29.1 Å². The van der Waals surface area contributed by atoms with Crippen molar-refractivity contribution in [1.82, 2.24) is 5.32 Å². The van der Waals surface area contributed by atoms with Crippen LogP contribution >= 0.6 is 0 Å². The van der Waals surface area contributed by atoms with Gasteiger partial charge in [0.25, 0.3) is 5.91 Å². The smallest absolute Gasteiger partial charge is 0.254 e. The number of hydrogen-bond donors (Lipinski definition) is 1. The molecule has 1 amide bonds. The number of halogens is 2. The van der Waals surface area contributed by atoms with Crippen LogP contribution in [-0.2, 0) is 0 Å². The molecule has 0 saturated heterocycles. The fourth-order valence-electron chi connectivity index (χ4n) is 1.02. The molecule has 15 heavy (non-hydrogen) atoms. The lowest BCUT2D eigenvalue weighted by molar-refractivity contribution is 0.0949. The minimum Gasteiger partial charge on any atom is -0.351 e. The Morgan fingerprint density at radius 3 is 2.87 bits per heavy atom. The fraction of sp³-hybridized carbons (Fsp3) is 0.182.